The van der Waals surface area contributed by atoms with Crippen molar-refractivity contribution in [3.8, 4) is 34.1 Å². The minimum Gasteiger partial charge on any atom is -0.378 e. The first-order valence-electron chi connectivity index (χ1n) is 45.0. The van der Waals surface area contributed by atoms with E-state index in [2.05, 4.69) is 109 Å². The zero-order valence-electron chi connectivity index (χ0n) is 75.0. The van der Waals surface area contributed by atoms with Gasteiger partial charge in [-0.15, -0.1) is 30.6 Å². The van der Waals surface area contributed by atoms with Crippen molar-refractivity contribution < 1.29 is 37.2 Å². The lowest BCUT2D eigenvalue weighted by molar-refractivity contribution is 0.0530. The minimum atomic E-state index is -0.285. The van der Waals surface area contributed by atoms with Crippen molar-refractivity contribution in [3.63, 3.8) is 0 Å². The summed E-state index contributed by atoms with van der Waals surface area (Å²) in [6.07, 6.45) is 21.9. The van der Waals surface area contributed by atoms with Crippen molar-refractivity contribution in [2.75, 3.05) is 174 Å². The number of anilines is 6. The molecule has 0 radical (unpaired) electrons. The standard InChI is InChI=1S/2C17H17ClN4O.C17H17FN4O.C17H18N4O.C16H15ClN4O.C16H15FN4O/c1-12-11-23-9-8-21(12)17-15-6-7-19-10-16(15)22(20-17)14-4-2-13(18)3-5-14;1-12-11-21(8-9-23-12)17-15-6-7-19-10-16(15)22(20-17)14-4-2-13(18)3-5-14;1-12-2-3-15(14(18)10-12)22-16-11-19-5-4-13(16)17(20-22)21-6-8-23-9-7-21;1-13-2-4-14(5-3-13)21-16-12-18-7-6-15(16)17(19-21)20-8-10-22-11-9-20;2*17-12-1-3-13(4-2-12)21-15-11-18-6-5-14(15)16(19-21)20-7-9-22-10-8-20/h2*2-7,10,12H,8-9,11H2,1H3;2-5,10-11H,6-9H2,1H3;2-7,12H,8-11H2,1H3;2*1-6,11H,7-10H2. The van der Waals surface area contributed by atoms with Crippen LogP contribution in [0.25, 0.3) is 99.5 Å². The van der Waals surface area contributed by atoms with Crippen molar-refractivity contribution in [1.29, 1.82) is 0 Å². The number of benzene rings is 6. The summed E-state index contributed by atoms with van der Waals surface area (Å²) < 4.78 is 71.6. The molecule has 6 aliphatic rings. The highest BCUT2D eigenvalue weighted by Crippen LogP contribution is 2.37. The van der Waals surface area contributed by atoms with E-state index in [0.29, 0.717) is 53.2 Å². The van der Waals surface area contributed by atoms with E-state index < -0.39 is 0 Å². The Bertz CT molecular complexity index is 6740. The lowest BCUT2D eigenvalue weighted by atomic mass is 10.2. The van der Waals surface area contributed by atoms with Crippen LogP contribution in [-0.2, 0) is 28.4 Å². The Morgan fingerprint density at radius 2 is 0.578 bits per heavy atom. The first-order valence-corrected chi connectivity index (χ1v) is 46.2. The van der Waals surface area contributed by atoms with Crippen molar-refractivity contribution in [3.05, 3.63) is 288 Å². The van der Waals surface area contributed by atoms with Gasteiger partial charge in [0, 0.05) is 157 Å². The predicted octanol–water partition coefficient (Wildman–Crippen LogP) is 17.2. The van der Waals surface area contributed by atoms with Crippen LogP contribution in [0.2, 0.25) is 15.1 Å². The van der Waals surface area contributed by atoms with Crippen LogP contribution in [0, 0.1) is 25.5 Å². The highest BCUT2D eigenvalue weighted by molar-refractivity contribution is 6.31. The smallest absolute Gasteiger partial charge is 0.159 e. The van der Waals surface area contributed by atoms with Crippen molar-refractivity contribution in [2.24, 2.45) is 0 Å². The average Bonchev–Trinajstić information content (AvgIpc) is 1.65. The normalized spacial score (nSPS) is 16.5. The van der Waals surface area contributed by atoms with Gasteiger partial charge in [-0.3, -0.25) is 29.9 Å². The number of morpholine rings is 6. The molecule has 0 amide bonds. The van der Waals surface area contributed by atoms with Crippen LogP contribution in [0.15, 0.2) is 250 Å². The van der Waals surface area contributed by atoms with E-state index in [1.54, 1.807) is 53.9 Å². The second-order valence-electron chi connectivity index (χ2n) is 33.1. The molecule has 18 heterocycles. The Balaban J connectivity index is 0.000000104. The largest absolute Gasteiger partial charge is 0.378 e. The Labute approximate surface area is 792 Å². The molecule has 690 valence electrons. The van der Waals surface area contributed by atoms with Crippen LogP contribution in [0.1, 0.15) is 25.0 Å². The van der Waals surface area contributed by atoms with E-state index in [9.17, 15) is 8.78 Å². The molecule has 0 aliphatic carbocycles. The molecule has 2 atom stereocenters. The summed E-state index contributed by atoms with van der Waals surface area (Å²) in [7, 11) is 0. The summed E-state index contributed by atoms with van der Waals surface area (Å²) in [5.41, 5.74) is 13.1. The number of halogens is 5. The monoisotopic (exact) mass is 1870 g/mol. The van der Waals surface area contributed by atoms with E-state index in [0.717, 1.165) is 253 Å². The highest BCUT2D eigenvalue weighted by atomic mass is 35.5. The molecule has 30 nitrogen and oxygen atoms in total. The van der Waals surface area contributed by atoms with Crippen LogP contribution in [0.4, 0.5) is 43.7 Å². The van der Waals surface area contributed by atoms with Gasteiger partial charge >= 0.3 is 0 Å². The number of aromatic nitrogens is 18. The summed E-state index contributed by atoms with van der Waals surface area (Å²) >= 11 is 18.0. The maximum Gasteiger partial charge on any atom is 0.159 e. The maximum atomic E-state index is 14.4. The highest BCUT2D eigenvalue weighted by Gasteiger charge is 2.30. The second-order valence-corrected chi connectivity index (χ2v) is 34.4. The van der Waals surface area contributed by atoms with Gasteiger partial charge in [0.05, 0.1) is 184 Å². The molecule has 0 bridgehead atoms. The molecule has 135 heavy (non-hydrogen) atoms. The fourth-order valence-corrected chi connectivity index (χ4v) is 17.6. The maximum absolute atomic E-state index is 14.4. The number of ether oxygens (including phenoxy) is 6. The van der Waals surface area contributed by atoms with Gasteiger partial charge in [0.25, 0.3) is 0 Å². The molecule has 6 aromatic carbocycles. The van der Waals surface area contributed by atoms with Gasteiger partial charge in [0.2, 0.25) is 0 Å². The third-order valence-electron chi connectivity index (χ3n) is 24.1. The second kappa shape index (κ2) is 41.9. The van der Waals surface area contributed by atoms with Gasteiger partial charge in [0.15, 0.2) is 34.9 Å². The molecular weight excluding hydrogens is 1780 g/mol. The van der Waals surface area contributed by atoms with Crippen LogP contribution in [0.5, 0.6) is 0 Å². The summed E-state index contributed by atoms with van der Waals surface area (Å²) in [4.78, 5) is 38.9. The molecule has 18 aromatic rings. The van der Waals surface area contributed by atoms with Gasteiger partial charge in [-0.1, -0.05) is 58.6 Å². The van der Waals surface area contributed by atoms with Gasteiger partial charge in [-0.05, 0) is 191 Å². The van der Waals surface area contributed by atoms with Crippen LogP contribution >= 0.6 is 34.8 Å². The fourth-order valence-electron chi connectivity index (χ4n) is 17.2. The third kappa shape index (κ3) is 20.3. The first kappa shape index (κ1) is 90.5. The van der Waals surface area contributed by atoms with E-state index in [1.807, 2.05) is 189 Å². The van der Waals surface area contributed by atoms with Gasteiger partial charge < -0.3 is 57.8 Å². The summed E-state index contributed by atoms with van der Waals surface area (Å²) in [6.45, 7) is 25.3. The minimum absolute atomic E-state index is 0.210. The number of nitrogens with zero attached hydrogens (tertiary/aromatic N) is 24. The lowest BCUT2D eigenvalue weighted by Crippen LogP contribution is -2.44. The third-order valence-corrected chi connectivity index (χ3v) is 24.9. The number of hydrogen-bond acceptors (Lipinski definition) is 24. The quantitative estimate of drug-likeness (QED) is 0.110. The van der Waals surface area contributed by atoms with Crippen LogP contribution in [0.3, 0.4) is 0 Å². The van der Waals surface area contributed by atoms with E-state index in [-0.39, 0.29) is 17.7 Å². The molecule has 24 rings (SSSR count). The zero-order valence-corrected chi connectivity index (χ0v) is 77.2. The molecule has 6 fully saturated rings. The fraction of sp³-hybridized carbons (Fsp3) is 0.280. The number of aryl methyl sites for hydroxylation is 2. The molecule has 0 N–H and O–H groups in total. The van der Waals surface area contributed by atoms with Gasteiger partial charge in [-0.2, -0.15) is 0 Å². The number of fused-ring (bicyclic) bond motifs is 6. The number of rotatable bonds is 12. The summed E-state index contributed by atoms with van der Waals surface area (Å²) in [5, 5.41) is 37.4. The summed E-state index contributed by atoms with van der Waals surface area (Å²) in [6, 6.07) is 55.2. The molecule has 0 saturated carbocycles. The Hall–Kier alpha value is -13.7. The zero-order chi connectivity index (χ0) is 92.3. The van der Waals surface area contributed by atoms with E-state index in [4.69, 9.17) is 88.7 Å². The number of pyridine rings is 6. The Morgan fingerprint density at radius 3 is 0.911 bits per heavy atom. The topological polar surface area (TPSA) is 259 Å². The molecule has 12 aromatic heterocycles. The molecule has 6 saturated heterocycles. The van der Waals surface area contributed by atoms with Crippen LogP contribution in [-0.4, -0.2) is 245 Å². The van der Waals surface area contributed by atoms with Gasteiger partial charge in [0.1, 0.15) is 17.3 Å². The molecule has 2 unspecified atom stereocenters. The van der Waals surface area contributed by atoms with Crippen molar-refractivity contribution in [1.82, 2.24) is 88.6 Å². The van der Waals surface area contributed by atoms with E-state index >= 15 is 0 Å². The Morgan fingerprint density at radius 1 is 0.296 bits per heavy atom. The Kier molecular flexibility index (Phi) is 28.1. The first-order chi connectivity index (χ1) is 66.2. The average molecular weight is 1880 g/mol. The van der Waals surface area contributed by atoms with E-state index in [1.165, 1.54) is 23.8 Å². The van der Waals surface area contributed by atoms with Crippen molar-refractivity contribution in [2.45, 2.75) is 39.8 Å². The van der Waals surface area contributed by atoms with Crippen molar-refractivity contribution >= 4 is 135 Å². The molecular formula is C100H99Cl3F2N24O6. The number of hydrogen-bond donors (Lipinski definition) is 0. The molecule has 35 heteroatoms. The summed E-state index contributed by atoms with van der Waals surface area (Å²) in [5.74, 6) is 5.19. The van der Waals surface area contributed by atoms with Gasteiger partial charge in [-0.25, -0.2) is 36.9 Å². The molecule has 0 spiro atoms. The van der Waals surface area contributed by atoms with Crippen LogP contribution < -0.4 is 29.4 Å². The lowest BCUT2D eigenvalue weighted by Gasteiger charge is -2.33. The predicted molar refractivity (Wildman–Crippen MR) is 525 cm³/mol. The SMILES string of the molecule is CC1CN(c2nn(-c3ccc(Cl)cc3)c3cnccc23)CCO1.CC1COCCN1c1nn(-c2ccc(Cl)cc2)c2cnccc12.Cc1ccc(-n2nc(N3CCOCC3)c3ccncc32)c(F)c1.Cc1ccc(-n2nc(N3CCOCC3)c3ccncc32)cc1.Clc1ccc(-n2nc(N3CCOCC3)c3ccncc32)cc1.Fc1ccc(-n2nc(N3CCOCC3)c3ccncc32)cc1. The molecule has 6 aliphatic heterocycles.